The smallest absolute Gasteiger partial charge is 0.225 e. The third-order valence-electron chi connectivity index (χ3n) is 7.65. The number of hydrogen-bond acceptors (Lipinski definition) is 0. The predicted molar refractivity (Wildman–Crippen MR) is 160 cm³/mol. The lowest BCUT2D eigenvalue weighted by molar-refractivity contribution is -0.667. The molecule has 4 nitrogen and oxygen atoms in total. The van der Waals surface area contributed by atoms with Crippen molar-refractivity contribution >= 4 is 22.1 Å². The van der Waals surface area contributed by atoms with Gasteiger partial charge in [-0.2, -0.15) is 0 Å². The fourth-order valence-corrected chi connectivity index (χ4v) is 5.68. The van der Waals surface area contributed by atoms with Crippen LogP contribution in [0.25, 0.3) is 22.1 Å². The Balaban J connectivity index is 1.41. The minimum absolute atomic E-state index is 0.827. The Kier molecular flexibility index (Phi) is 6.42. The average molecular weight is 521 g/mol. The van der Waals surface area contributed by atoms with Crippen LogP contribution in [-0.2, 0) is 26.2 Å². The molecule has 194 valence electrons. The van der Waals surface area contributed by atoms with Gasteiger partial charge in [-0.15, -0.1) is 0 Å². The summed E-state index contributed by atoms with van der Waals surface area (Å²) in [5, 5.41) is 0. The first-order chi connectivity index (χ1) is 19.8. The normalized spacial score (nSPS) is 11.4. The largest absolute Gasteiger partial charge is 0.245 e. The van der Waals surface area contributed by atoms with Gasteiger partial charge in [0.25, 0.3) is 0 Å². The molecule has 0 atom stereocenters. The summed E-state index contributed by atoms with van der Waals surface area (Å²) in [5.41, 5.74) is 10.2. The topological polar surface area (TPSA) is 17.6 Å². The number of imidazole rings is 2. The zero-order valence-electron chi connectivity index (χ0n) is 22.5. The van der Waals surface area contributed by atoms with Crippen LogP contribution in [0.1, 0.15) is 22.3 Å². The summed E-state index contributed by atoms with van der Waals surface area (Å²) in [6, 6.07) is 47.7. The van der Waals surface area contributed by atoms with Crippen molar-refractivity contribution in [3.63, 3.8) is 0 Å². The molecule has 0 aliphatic heterocycles. The zero-order chi connectivity index (χ0) is 26.7. The molecule has 5 aromatic carbocycles. The molecule has 0 N–H and O–H groups in total. The Hall–Kier alpha value is -4.96. The highest BCUT2D eigenvalue weighted by Crippen LogP contribution is 2.23. The second-order valence-corrected chi connectivity index (χ2v) is 10.5. The molecule has 0 bridgehead atoms. The summed E-state index contributed by atoms with van der Waals surface area (Å²) in [6.07, 6.45) is 4.57. The van der Waals surface area contributed by atoms with E-state index >= 15 is 0 Å². The Morgan fingerprint density at radius 3 is 1.12 bits per heavy atom. The Morgan fingerprint density at radius 1 is 0.400 bits per heavy atom. The first kappa shape index (κ1) is 24.1. The van der Waals surface area contributed by atoms with Gasteiger partial charge in [0, 0.05) is 12.1 Å². The maximum atomic E-state index is 2.40. The van der Waals surface area contributed by atoms with Crippen molar-refractivity contribution < 1.29 is 9.13 Å². The van der Waals surface area contributed by atoms with Crippen molar-refractivity contribution in [3.05, 3.63) is 168 Å². The summed E-state index contributed by atoms with van der Waals surface area (Å²) in [5.74, 6) is 0. The highest BCUT2D eigenvalue weighted by Gasteiger charge is 2.24. The molecule has 0 fully saturated rings. The molecule has 7 rings (SSSR count). The second-order valence-electron chi connectivity index (χ2n) is 10.5. The van der Waals surface area contributed by atoms with Crippen molar-refractivity contribution in [1.29, 1.82) is 0 Å². The molecule has 0 unspecified atom stereocenters. The van der Waals surface area contributed by atoms with Crippen molar-refractivity contribution in [1.82, 2.24) is 9.13 Å². The zero-order valence-corrected chi connectivity index (χ0v) is 22.5. The van der Waals surface area contributed by atoms with Crippen molar-refractivity contribution in [2.45, 2.75) is 26.2 Å². The van der Waals surface area contributed by atoms with Gasteiger partial charge in [0.2, 0.25) is 12.7 Å². The minimum atomic E-state index is 0.827. The molecule has 40 heavy (non-hydrogen) atoms. The maximum absolute atomic E-state index is 2.40. The standard InChI is InChI=1S/C36H32N4/c1-5-13-29(14-6-1)23-37-27-38(24-30-15-7-2-8-16-30)34-22-36-35(21-33(34)37)39(25-31-17-9-3-10-18-31)28-40(36)26-32-19-11-4-12-20-32/h1-22,27-28H,23-26H2/q+2. The van der Waals surface area contributed by atoms with Crippen LogP contribution in [0.15, 0.2) is 146 Å². The van der Waals surface area contributed by atoms with E-state index in [1.807, 2.05) is 0 Å². The molecular formula is C36H32N4+2. The first-order valence-electron chi connectivity index (χ1n) is 13.9. The van der Waals surface area contributed by atoms with Crippen molar-refractivity contribution in [2.75, 3.05) is 0 Å². The number of rotatable bonds is 8. The summed E-state index contributed by atoms with van der Waals surface area (Å²) in [4.78, 5) is 0. The number of benzene rings is 5. The average Bonchev–Trinajstić information content (AvgIpc) is 3.50. The maximum Gasteiger partial charge on any atom is 0.245 e. The van der Waals surface area contributed by atoms with E-state index in [0.29, 0.717) is 0 Å². The summed E-state index contributed by atoms with van der Waals surface area (Å²) in [6.45, 7) is 3.31. The third-order valence-corrected chi connectivity index (χ3v) is 7.65. The van der Waals surface area contributed by atoms with Gasteiger partial charge in [-0.25, -0.2) is 18.3 Å². The molecule has 0 saturated carbocycles. The fourth-order valence-electron chi connectivity index (χ4n) is 5.68. The third kappa shape index (κ3) is 4.92. The SMILES string of the molecule is c1ccc(Cn2c[n+](Cc3ccccc3)c3cc4c(cc32)n(Cc2ccccc2)c[n+]4Cc2ccccc2)cc1. The van der Waals surface area contributed by atoms with Gasteiger partial charge in [0.1, 0.15) is 26.2 Å². The van der Waals surface area contributed by atoms with E-state index in [1.54, 1.807) is 0 Å². The van der Waals surface area contributed by atoms with Crippen LogP contribution in [0.2, 0.25) is 0 Å². The number of hydrogen-bond donors (Lipinski definition) is 0. The van der Waals surface area contributed by atoms with Gasteiger partial charge in [-0.3, -0.25) is 0 Å². The lowest BCUT2D eigenvalue weighted by atomic mass is 10.2. The highest BCUT2D eigenvalue weighted by molar-refractivity contribution is 5.88. The molecule has 4 heteroatoms. The van der Waals surface area contributed by atoms with E-state index in [1.165, 1.54) is 44.3 Å². The lowest BCUT2D eigenvalue weighted by Gasteiger charge is -2.00. The quantitative estimate of drug-likeness (QED) is 0.208. The van der Waals surface area contributed by atoms with Crippen LogP contribution in [0.3, 0.4) is 0 Å². The summed E-state index contributed by atoms with van der Waals surface area (Å²) >= 11 is 0. The van der Waals surface area contributed by atoms with Crippen LogP contribution >= 0.6 is 0 Å². The first-order valence-corrected chi connectivity index (χ1v) is 13.9. The molecule has 0 spiro atoms. The number of fused-ring (bicyclic) bond motifs is 2. The second kappa shape index (κ2) is 10.7. The van der Waals surface area contributed by atoms with Gasteiger partial charge in [0.05, 0.1) is 0 Å². The molecule has 2 aromatic heterocycles. The molecular weight excluding hydrogens is 488 g/mol. The van der Waals surface area contributed by atoms with Crippen molar-refractivity contribution in [2.24, 2.45) is 0 Å². The molecule has 0 radical (unpaired) electrons. The molecule has 2 heterocycles. The van der Waals surface area contributed by atoms with Crippen molar-refractivity contribution in [3.8, 4) is 0 Å². The van der Waals surface area contributed by atoms with Gasteiger partial charge in [-0.1, -0.05) is 121 Å². The fraction of sp³-hybridized carbons (Fsp3) is 0.111. The lowest BCUT2D eigenvalue weighted by Crippen LogP contribution is -2.34. The highest BCUT2D eigenvalue weighted by atomic mass is 15.2. The van der Waals surface area contributed by atoms with Gasteiger partial charge < -0.3 is 0 Å². The summed E-state index contributed by atoms with van der Waals surface area (Å²) < 4.78 is 9.59. The van der Waals surface area contributed by atoms with E-state index in [9.17, 15) is 0 Å². The molecule has 0 aliphatic rings. The molecule has 7 aromatic rings. The van der Waals surface area contributed by atoms with Gasteiger partial charge in [0.15, 0.2) is 22.1 Å². The number of nitrogens with zero attached hydrogens (tertiary/aromatic N) is 4. The molecule has 0 aliphatic carbocycles. The van der Waals surface area contributed by atoms with E-state index in [4.69, 9.17) is 0 Å². The van der Waals surface area contributed by atoms with E-state index in [-0.39, 0.29) is 0 Å². The van der Waals surface area contributed by atoms with Crippen LogP contribution in [0.4, 0.5) is 0 Å². The van der Waals surface area contributed by atoms with Crippen LogP contribution in [0.5, 0.6) is 0 Å². The Labute approximate surface area is 234 Å². The van der Waals surface area contributed by atoms with E-state index in [0.717, 1.165) is 26.2 Å². The Morgan fingerprint density at radius 2 is 0.750 bits per heavy atom. The molecule has 0 saturated heterocycles. The van der Waals surface area contributed by atoms with Crippen LogP contribution < -0.4 is 9.13 Å². The van der Waals surface area contributed by atoms with Gasteiger partial charge >= 0.3 is 0 Å². The van der Waals surface area contributed by atoms with E-state index < -0.39 is 0 Å². The summed E-state index contributed by atoms with van der Waals surface area (Å²) in [7, 11) is 0. The molecule has 0 amide bonds. The minimum Gasteiger partial charge on any atom is -0.225 e. The Bertz CT molecular complexity index is 1600. The monoisotopic (exact) mass is 520 g/mol. The number of aromatic nitrogens is 4. The van der Waals surface area contributed by atoms with Crippen LogP contribution in [0, 0.1) is 0 Å². The predicted octanol–water partition coefficient (Wildman–Crippen LogP) is 6.36. The van der Waals surface area contributed by atoms with E-state index in [2.05, 4.69) is 164 Å². The van der Waals surface area contributed by atoms with Crippen LogP contribution in [-0.4, -0.2) is 9.13 Å². The van der Waals surface area contributed by atoms with Gasteiger partial charge in [-0.05, 0) is 22.3 Å².